The Hall–Kier alpha value is -1.18. The van der Waals surface area contributed by atoms with Crippen LogP contribution >= 0.6 is 0 Å². The van der Waals surface area contributed by atoms with E-state index in [2.05, 4.69) is 0 Å². The summed E-state index contributed by atoms with van der Waals surface area (Å²) in [7, 11) is 0. The molecule has 1 heterocycles. The van der Waals surface area contributed by atoms with E-state index < -0.39 is 85.1 Å². The number of aliphatic carboxylic acids is 1. The van der Waals surface area contributed by atoms with Gasteiger partial charge in [-0.2, -0.15) is 0 Å². The number of ether oxygens (including phenoxy) is 2. The zero-order valence-electron chi connectivity index (χ0n) is 15.6. The predicted molar refractivity (Wildman–Crippen MR) is 90.1 cm³/mol. The first-order valence-electron chi connectivity index (χ1n) is 9.02. The van der Waals surface area contributed by atoms with Gasteiger partial charge in [-0.05, 0) is 6.92 Å². The SMILES string of the molecule is CC(=O)C1OC2CC(O)C(OCC(O)C(O)C(O)C(O)CO)C1(C(=O)O)C2C. The molecule has 0 aromatic heterocycles. The average Bonchev–Trinajstić information content (AvgIpc) is 2.85. The summed E-state index contributed by atoms with van der Waals surface area (Å²) in [6.45, 7) is 1.20. The molecular formula is C17H28O11. The van der Waals surface area contributed by atoms with Gasteiger partial charge < -0.3 is 45.2 Å². The Morgan fingerprint density at radius 2 is 1.75 bits per heavy atom. The minimum atomic E-state index is -1.91. The Morgan fingerprint density at radius 1 is 1.18 bits per heavy atom. The molecule has 1 aliphatic heterocycles. The highest BCUT2D eigenvalue weighted by Crippen LogP contribution is 2.54. The number of aliphatic hydroxyl groups is 6. The lowest BCUT2D eigenvalue weighted by atomic mass is 9.61. The van der Waals surface area contributed by atoms with Gasteiger partial charge >= 0.3 is 5.97 Å². The number of rotatable bonds is 9. The van der Waals surface area contributed by atoms with Crippen molar-refractivity contribution in [2.75, 3.05) is 13.2 Å². The second kappa shape index (κ2) is 8.67. The van der Waals surface area contributed by atoms with Gasteiger partial charge in [-0.25, -0.2) is 0 Å². The minimum Gasteiger partial charge on any atom is -0.481 e. The Morgan fingerprint density at radius 3 is 2.25 bits per heavy atom. The molecule has 0 aromatic carbocycles. The van der Waals surface area contributed by atoms with E-state index in [4.69, 9.17) is 14.6 Å². The monoisotopic (exact) mass is 408 g/mol. The van der Waals surface area contributed by atoms with Crippen molar-refractivity contribution >= 4 is 11.8 Å². The highest BCUT2D eigenvalue weighted by atomic mass is 16.5. The Bertz CT molecular complexity index is 583. The molecule has 7 N–H and O–H groups in total. The molecule has 11 nitrogen and oxygen atoms in total. The van der Waals surface area contributed by atoms with Crippen molar-refractivity contribution in [2.24, 2.45) is 11.3 Å². The fraction of sp³-hybridized carbons (Fsp3) is 0.882. The van der Waals surface area contributed by atoms with E-state index in [0.29, 0.717) is 0 Å². The molecule has 2 bridgehead atoms. The maximum absolute atomic E-state index is 12.2. The largest absolute Gasteiger partial charge is 0.481 e. The van der Waals surface area contributed by atoms with Crippen molar-refractivity contribution < 1.29 is 54.8 Å². The van der Waals surface area contributed by atoms with Gasteiger partial charge in [0.05, 0.1) is 25.4 Å². The van der Waals surface area contributed by atoms with Crippen LogP contribution in [0.2, 0.25) is 0 Å². The van der Waals surface area contributed by atoms with Crippen molar-refractivity contribution in [3.05, 3.63) is 0 Å². The number of Topliss-reactive ketones (excluding diaryl/α,β-unsaturated/α-hetero) is 1. The van der Waals surface area contributed by atoms with Crippen molar-refractivity contribution in [1.82, 2.24) is 0 Å². The Balaban J connectivity index is 2.22. The summed E-state index contributed by atoms with van der Waals surface area (Å²) in [5, 5.41) is 68.1. The van der Waals surface area contributed by atoms with E-state index in [1.54, 1.807) is 6.92 Å². The van der Waals surface area contributed by atoms with Crippen LogP contribution in [0, 0.1) is 11.3 Å². The number of ketones is 1. The quantitative estimate of drug-likeness (QED) is 0.201. The molecule has 10 atom stereocenters. The van der Waals surface area contributed by atoms with Crippen LogP contribution in [0.25, 0.3) is 0 Å². The van der Waals surface area contributed by atoms with E-state index in [0.717, 1.165) is 0 Å². The molecule has 2 aliphatic rings. The van der Waals surface area contributed by atoms with Crippen LogP contribution in [0.1, 0.15) is 20.3 Å². The lowest BCUT2D eigenvalue weighted by molar-refractivity contribution is -0.198. The fourth-order valence-corrected chi connectivity index (χ4v) is 4.27. The molecule has 28 heavy (non-hydrogen) atoms. The highest BCUT2D eigenvalue weighted by molar-refractivity contribution is 5.91. The molecule has 0 radical (unpaired) electrons. The third-order valence-electron chi connectivity index (χ3n) is 5.86. The molecule has 0 amide bonds. The smallest absolute Gasteiger partial charge is 0.315 e. The number of carbonyl (C=O) groups excluding carboxylic acids is 1. The summed E-state index contributed by atoms with van der Waals surface area (Å²) in [4.78, 5) is 24.2. The molecule has 2 rings (SSSR count). The van der Waals surface area contributed by atoms with Crippen molar-refractivity contribution in [2.45, 2.75) is 69.1 Å². The molecule has 2 fully saturated rings. The maximum atomic E-state index is 12.2. The molecule has 0 spiro atoms. The van der Waals surface area contributed by atoms with Gasteiger partial charge in [-0.15, -0.1) is 0 Å². The van der Waals surface area contributed by atoms with Crippen LogP contribution in [-0.4, -0.2) is 110 Å². The second-order valence-electron chi connectivity index (χ2n) is 7.55. The van der Waals surface area contributed by atoms with Gasteiger partial charge in [0.1, 0.15) is 42.0 Å². The van der Waals surface area contributed by atoms with Gasteiger partial charge in [0, 0.05) is 12.3 Å². The molecule has 1 saturated heterocycles. The summed E-state index contributed by atoms with van der Waals surface area (Å²) in [6.07, 6.45) is -12.0. The van der Waals surface area contributed by atoms with Crippen LogP contribution in [0.5, 0.6) is 0 Å². The van der Waals surface area contributed by atoms with E-state index in [9.17, 15) is 40.2 Å². The van der Waals surface area contributed by atoms with Crippen molar-refractivity contribution in [3.63, 3.8) is 0 Å². The van der Waals surface area contributed by atoms with Crippen LogP contribution in [0.3, 0.4) is 0 Å². The predicted octanol–water partition coefficient (Wildman–Crippen LogP) is -3.36. The van der Waals surface area contributed by atoms with Crippen molar-refractivity contribution in [1.29, 1.82) is 0 Å². The highest BCUT2D eigenvalue weighted by Gasteiger charge is 2.70. The Kier molecular flexibility index (Phi) is 7.16. The summed E-state index contributed by atoms with van der Waals surface area (Å²) >= 11 is 0. The van der Waals surface area contributed by atoms with Crippen LogP contribution in [-0.2, 0) is 19.1 Å². The minimum absolute atomic E-state index is 0.0230. The number of carbonyl (C=O) groups is 2. The van der Waals surface area contributed by atoms with Crippen molar-refractivity contribution in [3.8, 4) is 0 Å². The lowest BCUT2D eigenvalue weighted by Gasteiger charge is -2.44. The number of aliphatic hydroxyl groups excluding tert-OH is 6. The number of fused-ring (bicyclic) bond motifs is 2. The molecule has 10 unspecified atom stereocenters. The summed E-state index contributed by atoms with van der Waals surface area (Å²) in [5.74, 6) is -2.60. The number of hydrogen-bond donors (Lipinski definition) is 7. The molecular weight excluding hydrogens is 380 g/mol. The van der Waals surface area contributed by atoms with E-state index in [1.807, 2.05) is 0 Å². The maximum Gasteiger partial charge on any atom is 0.315 e. The second-order valence-corrected chi connectivity index (χ2v) is 7.55. The van der Waals surface area contributed by atoms with Crippen LogP contribution in [0.15, 0.2) is 0 Å². The number of carboxylic acids is 1. The van der Waals surface area contributed by atoms with Gasteiger partial charge in [-0.3, -0.25) is 9.59 Å². The third kappa shape index (κ3) is 3.68. The van der Waals surface area contributed by atoms with Crippen LogP contribution in [0.4, 0.5) is 0 Å². The molecule has 0 aromatic rings. The van der Waals surface area contributed by atoms with Gasteiger partial charge in [0.25, 0.3) is 0 Å². The zero-order valence-corrected chi connectivity index (χ0v) is 15.6. The third-order valence-corrected chi connectivity index (χ3v) is 5.86. The first-order valence-corrected chi connectivity index (χ1v) is 9.02. The molecule has 1 aliphatic carbocycles. The number of carboxylic acid groups (broad SMARTS) is 1. The zero-order chi connectivity index (χ0) is 21.4. The molecule has 1 saturated carbocycles. The van der Waals surface area contributed by atoms with Crippen LogP contribution < -0.4 is 0 Å². The molecule has 11 heteroatoms. The van der Waals surface area contributed by atoms with E-state index >= 15 is 0 Å². The van der Waals surface area contributed by atoms with Gasteiger partial charge in [0.2, 0.25) is 0 Å². The summed E-state index contributed by atoms with van der Waals surface area (Å²) < 4.78 is 11.0. The average molecular weight is 408 g/mol. The van der Waals surface area contributed by atoms with Gasteiger partial charge in [-0.1, -0.05) is 6.92 Å². The molecule has 162 valence electrons. The standard InChI is InChI=1S/C17H28O11/c1-6-11-3-8(20)15(17(6,16(25)26)14(28-11)7(2)19)27-5-10(22)13(24)12(23)9(21)4-18/h6,8-15,18,20-24H,3-5H2,1-2H3,(H,25,26). The summed E-state index contributed by atoms with van der Waals surface area (Å²) in [5.41, 5.74) is -1.89. The first-order chi connectivity index (χ1) is 13.0. The fourth-order valence-electron chi connectivity index (χ4n) is 4.27. The first kappa shape index (κ1) is 23.1. The Labute approximate surface area is 161 Å². The topological polar surface area (TPSA) is 194 Å². The van der Waals surface area contributed by atoms with E-state index in [-0.39, 0.29) is 6.42 Å². The normalized spacial score (nSPS) is 39.2. The number of hydrogen-bond acceptors (Lipinski definition) is 10. The lowest BCUT2D eigenvalue weighted by Crippen LogP contribution is -2.62. The van der Waals surface area contributed by atoms with Gasteiger partial charge in [0.15, 0.2) is 5.78 Å². The summed E-state index contributed by atoms with van der Waals surface area (Å²) in [6, 6.07) is 0. The van der Waals surface area contributed by atoms with E-state index in [1.165, 1.54) is 6.92 Å².